The van der Waals surface area contributed by atoms with E-state index < -0.39 is 5.97 Å². The van der Waals surface area contributed by atoms with Crippen LogP contribution in [0.5, 0.6) is 0 Å². The second-order valence-corrected chi connectivity index (χ2v) is 10.4. The average Bonchev–Trinajstić information content (AvgIpc) is 3.22. The van der Waals surface area contributed by atoms with Crippen LogP contribution in [0.15, 0.2) is 65.6 Å². The number of aryl methyl sites for hydroxylation is 1. The van der Waals surface area contributed by atoms with Crippen molar-refractivity contribution in [2.24, 2.45) is 5.92 Å². The maximum Gasteiger partial charge on any atom is 0.338 e. The molecule has 5 rings (SSSR count). The van der Waals surface area contributed by atoms with Crippen molar-refractivity contribution >= 4 is 34.5 Å². The molecular weight excluding hydrogens is 516 g/mol. The first-order chi connectivity index (χ1) is 18.9. The van der Waals surface area contributed by atoms with Gasteiger partial charge in [-0.25, -0.2) is 9.59 Å². The van der Waals surface area contributed by atoms with E-state index in [4.69, 9.17) is 16.3 Å². The van der Waals surface area contributed by atoms with E-state index in [-0.39, 0.29) is 24.2 Å². The number of aromatic nitrogens is 3. The molecule has 1 aliphatic rings. The van der Waals surface area contributed by atoms with Crippen LogP contribution in [0.4, 0.5) is 0 Å². The Morgan fingerprint density at radius 1 is 1.05 bits per heavy atom. The number of fused-ring (bicyclic) bond motifs is 1. The molecule has 1 aliphatic carbocycles. The van der Waals surface area contributed by atoms with E-state index in [1.54, 1.807) is 42.7 Å². The number of imidazole rings is 1. The third-order valence-corrected chi connectivity index (χ3v) is 7.58. The number of amides is 1. The Morgan fingerprint density at radius 3 is 2.54 bits per heavy atom. The highest BCUT2D eigenvalue weighted by Gasteiger charge is 2.26. The van der Waals surface area contributed by atoms with Crippen LogP contribution in [0.1, 0.15) is 59.0 Å². The summed E-state index contributed by atoms with van der Waals surface area (Å²) in [6, 6.07) is 16.4. The molecule has 0 unspecified atom stereocenters. The lowest BCUT2D eigenvalue weighted by atomic mass is 9.85. The molecule has 39 heavy (non-hydrogen) atoms. The molecule has 0 spiro atoms. The van der Waals surface area contributed by atoms with Crippen molar-refractivity contribution in [3.63, 3.8) is 0 Å². The van der Waals surface area contributed by atoms with Crippen molar-refractivity contribution in [2.75, 3.05) is 6.61 Å². The van der Waals surface area contributed by atoms with Gasteiger partial charge in [-0.1, -0.05) is 29.8 Å². The van der Waals surface area contributed by atoms with Crippen LogP contribution >= 0.6 is 11.6 Å². The van der Waals surface area contributed by atoms with Gasteiger partial charge in [-0.05, 0) is 81.8 Å². The molecule has 1 N–H and O–H groups in total. The van der Waals surface area contributed by atoms with Gasteiger partial charge in [0.25, 0.3) is 5.91 Å². The number of carbonyl (C=O) groups is 2. The number of rotatable bonds is 7. The third kappa shape index (κ3) is 5.61. The highest BCUT2D eigenvalue weighted by atomic mass is 35.5. The lowest BCUT2D eigenvalue weighted by Gasteiger charge is -2.29. The van der Waals surface area contributed by atoms with Crippen molar-refractivity contribution < 1.29 is 14.3 Å². The quantitative estimate of drug-likeness (QED) is 0.317. The summed E-state index contributed by atoms with van der Waals surface area (Å²) in [6.07, 6.45) is 4.98. The zero-order valence-electron chi connectivity index (χ0n) is 22.0. The number of halogens is 1. The first-order valence-corrected chi connectivity index (χ1v) is 13.6. The smallest absolute Gasteiger partial charge is 0.338 e. The number of hydrogen-bond acceptors (Lipinski definition) is 5. The monoisotopic (exact) mass is 546 g/mol. The molecule has 2 aromatic carbocycles. The molecule has 1 saturated carbocycles. The van der Waals surface area contributed by atoms with E-state index in [0.29, 0.717) is 40.0 Å². The molecule has 2 aromatic heterocycles. The Bertz CT molecular complexity index is 1580. The van der Waals surface area contributed by atoms with Gasteiger partial charge in [-0.3, -0.25) is 18.9 Å². The molecule has 0 bridgehead atoms. The summed E-state index contributed by atoms with van der Waals surface area (Å²) in [5.41, 5.74) is 3.67. The molecular formula is C30H31ClN4O4. The van der Waals surface area contributed by atoms with Crippen LogP contribution in [-0.2, 0) is 11.3 Å². The first kappa shape index (κ1) is 26.7. The van der Waals surface area contributed by atoms with Crippen molar-refractivity contribution in [1.82, 2.24) is 19.4 Å². The lowest BCUT2D eigenvalue weighted by Crippen LogP contribution is -2.39. The topological polar surface area (TPSA) is 95.2 Å². The Hall–Kier alpha value is -3.91. The van der Waals surface area contributed by atoms with Gasteiger partial charge in [0.2, 0.25) is 0 Å². The van der Waals surface area contributed by atoms with Crippen LogP contribution in [0, 0.1) is 12.8 Å². The van der Waals surface area contributed by atoms with Crippen molar-refractivity contribution in [1.29, 1.82) is 0 Å². The minimum Gasteiger partial charge on any atom is -0.462 e. The van der Waals surface area contributed by atoms with Crippen LogP contribution in [-0.4, -0.2) is 38.6 Å². The molecule has 9 heteroatoms. The zero-order chi connectivity index (χ0) is 27.5. The molecule has 1 amide bonds. The van der Waals surface area contributed by atoms with E-state index in [2.05, 4.69) is 10.3 Å². The molecule has 2 heterocycles. The summed E-state index contributed by atoms with van der Waals surface area (Å²) in [4.78, 5) is 43.0. The minimum absolute atomic E-state index is 0.0656. The Labute approximate surface area is 231 Å². The number of carbonyl (C=O) groups excluding carboxylic acids is 2. The summed E-state index contributed by atoms with van der Waals surface area (Å²) in [5, 5.41) is 3.57. The summed E-state index contributed by atoms with van der Waals surface area (Å²) in [5.74, 6) is -0.271. The Balaban J connectivity index is 1.33. The third-order valence-electron chi connectivity index (χ3n) is 7.37. The van der Waals surface area contributed by atoms with Gasteiger partial charge in [0.1, 0.15) is 0 Å². The first-order valence-electron chi connectivity index (χ1n) is 13.3. The predicted octanol–water partition coefficient (Wildman–Crippen LogP) is 5.31. The molecule has 0 saturated heterocycles. The standard InChI is InChI=1S/C30H31ClN4O4/c1-3-39-29(37)21-7-6-8-24(15-21)35-27-10-5-4-9-26(27)34(30(35)38)18-20-11-13-23(14-12-20)33-28(36)25-16-22(31)17-32-19(25)2/h4-10,15-17,20,23H,3,11-14,18H2,1-2H3,(H,33,36)/t20-,23-. The number of benzene rings is 2. The van der Waals surface area contributed by atoms with E-state index in [0.717, 1.165) is 36.7 Å². The van der Waals surface area contributed by atoms with Crippen LogP contribution < -0.4 is 11.0 Å². The van der Waals surface area contributed by atoms with E-state index in [1.807, 2.05) is 34.9 Å². The number of nitrogens with zero attached hydrogens (tertiary/aromatic N) is 3. The minimum atomic E-state index is -0.415. The number of hydrogen-bond donors (Lipinski definition) is 1. The van der Waals surface area contributed by atoms with Gasteiger partial charge in [0, 0.05) is 18.8 Å². The number of ether oxygens (including phenoxy) is 1. The molecule has 0 radical (unpaired) electrons. The van der Waals surface area contributed by atoms with Gasteiger partial charge in [-0.2, -0.15) is 0 Å². The Kier molecular flexibility index (Phi) is 7.84. The molecule has 1 fully saturated rings. The van der Waals surface area contributed by atoms with Gasteiger partial charge in [0.05, 0.1) is 45.2 Å². The van der Waals surface area contributed by atoms with Crippen LogP contribution in [0.2, 0.25) is 5.02 Å². The highest BCUT2D eigenvalue weighted by Crippen LogP contribution is 2.28. The second-order valence-electron chi connectivity index (χ2n) is 9.97. The molecule has 0 aliphatic heterocycles. The summed E-state index contributed by atoms with van der Waals surface area (Å²) < 4.78 is 8.63. The van der Waals surface area contributed by atoms with Gasteiger partial charge in [0.15, 0.2) is 0 Å². The predicted molar refractivity (Wildman–Crippen MR) is 151 cm³/mol. The fourth-order valence-corrected chi connectivity index (χ4v) is 5.53. The average molecular weight is 547 g/mol. The molecule has 8 nitrogen and oxygen atoms in total. The Morgan fingerprint density at radius 2 is 1.79 bits per heavy atom. The number of pyridine rings is 1. The number of para-hydroxylation sites is 2. The summed E-state index contributed by atoms with van der Waals surface area (Å²) in [6.45, 7) is 4.43. The molecule has 202 valence electrons. The molecule has 4 aromatic rings. The van der Waals surface area contributed by atoms with E-state index in [1.165, 1.54) is 6.20 Å². The summed E-state index contributed by atoms with van der Waals surface area (Å²) in [7, 11) is 0. The van der Waals surface area contributed by atoms with Gasteiger partial charge < -0.3 is 10.1 Å². The summed E-state index contributed by atoms with van der Waals surface area (Å²) >= 11 is 6.04. The number of nitrogens with one attached hydrogen (secondary N) is 1. The highest BCUT2D eigenvalue weighted by molar-refractivity contribution is 6.30. The second kappa shape index (κ2) is 11.5. The van der Waals surface area contributed by atoms with Gasteiger partial charge in [-0.15, -0.1) is 0 Å². The van der Waals surface area contributed by atoms with Crippen molar-refractivity contribution in [2.45, 2.75) is 52.1 Å². The lowest BCUT2D eigenvalue weighted by molar-refractivity contribution is 0.0526. The molecule has 0 atom stereocenters. The number of esters is 1. The largest absolute Gasteiger partial charge is 0.462 e. The van der Waals surface area contributed by atoms with E-state index >= 15 is 0 Å². The zero-order valence-corrected chi connectivity index (χ0v) is 22.8. The van der Waals surface area contributed by atoms with Crippen molar-refractivity contribution in [3.05, 3.63) is 93.1 Å². The van der Waals surface area contributed by atoms with E-state index in [9.17, 15) is 14.4 Å². The van der Waals surface area contributed by atoms with Crippen LogP contribution in [0.3, 0.4) is 0 Å². The normalized spacial score (nSPS) is 17.2. The van der Waals surface area contributed by atoms with Gasteiger partial charge >= 0.3 is 11.7 Å². The SMILES string of the molecule is CCOC(=O)c1cccc(-n2c(=O)n(C[C@H]3CC[C@H](NC(=O)c4cc(Cl)cnc4C)CC3)c3ccccc32)c1. The fourth-order valence-electron chi connectivity index (χ4n) is 5.37. The maximum absolute atomic E-state index is 13.7. The maximum atomic E-state index is 13.7. The van der Waals surface area contributed by atoms with Crippen molar-refractivity contribution in [3.8, 4) is 5.69 Å². The van der Waals surface area contributed by atoms with Crippen LogP contribution in [0.25, 0.3) is 16.7 Å². The fraction of sp³-hybridized carbons (Fsp3) is 0.333.